The summed E-state index contributed by atoms with van der Waals surface area (Å²) in [6.07, 6.45) is 1.55. The Kier molecular flexibility index (Phi) is 4.30. The molecule has 0 bridgehead atoms. The van der Waals surface area contributed by atoms with Gasteiger partial charge >= 0.3 is 0 Å². The number of nitrogens with zero attached hydrogens (tertiary/aromatic N) is 1. The van der Waals surface area contributed by atoms with E-state index < -0.39 is 10.8 Å². The van der Waals surface area contributed by atoms with E-state index in [9.17, 15) is 9.00 Å². The fourth-order valence-electron chi connectivity index (χ4n) is 2.32. The molecule has 5 heteroatoms. The molecule has 0 aromatic heterocycles. The van der Waals surface area contributed by atoms with E-state index in [4.69, 9.17) is 0 Å². The smallest absolute Gasteiger partial charge is 0.269 e. The van der Waals surface area contributed by atoms with Crippen molar-refractivity contribution in [2.75, 3.05) is 16.1 Å². The Labute approximate surface area is 138 Å². The SMILES string of the molecule is Cc1ccc(N/C=C2\C(=O)N(c3ccc(C)cc3)C[S@]2=O)cc1. The van der Waals surface area contributed by atoms with E-state index in [1.807, 2.05) is 62.4 Å². The normalized spacial score (nSPS) is 19.4. The lowest BCUT2D eigenvalue weighted by Crippen LogP contribution is -2.24. The first-order valence-electron chi connectivity index (χ1n) is 7.35. The average molecular weight is 326 g/mol. The molecular weight excluding hydrogens is 308 g/mol. The first-order chi connectivity index (χ1) is 11.0. The van der Waals surface area contributed by atoms with Crippen LogP contribution in [0.4, 0.5) is 11.4 Å². The van der Waals surface area contributed by atoms with Crippen molar-refractivity contribution in [2.24, 2.45) is 0 Å². The second-order valence-corrected chi connectivity index (χ2v) is 6.95. The van der Waals surface area contributed by atoms with Crippen LogP contribution in [-0.4, -0.2) is 16.0 Å². The number of hydrogen-bond acceptors (Lipinski definition) is 3. The summed E-state index contributed by atoms with van der Waals surface area (Å²) in [5.41, 5.74) is 3.92. The summed E-state index contributed by atoms with van der Waals surface area (Å²) in [5, 5.41) is 3.05. The zero-order valence-corrected chi connectivity index (χ0v) is 13.9. The third-order valence-corrected chi connectivity index (χ3v) is 4.99. The van der Waals surface area contributed by atoms with Gasteiger partial charge in [-0.25, -0.2) is 0 Å². The van der Waals surface area contributed by atoms with Gasteiger partial charge in [0.15, 0.2) is 0 Å². The fourth-order valence-corrected chi connectivity index (χ4v) is 3.45. The summed E-state index contributed by atoms with van der Waals surface area (Å²) in [7, 11) is -1.33. The van der Waals surface area contributed by atoms with Crippen molar-refractivity contribution in [1.29, 1.82) is 0 Å². The number of hydrogen-bond donors (Lipinski definition) is 1. The summed E-state index contributed by atoms with van der Waals surface area (Å²) < 4.78 is 12.3. The minimum Gasteiger partial charge on any atom is -0.360 e. The van der Waals surface area contributed by atoms with Gasteiger partial charge in [-0.1, -0.05) is 35.4 Å². The van der Waals surface area contributed by atoms with Crippen LogP contribution in [0.1, 0.15) is 11.1 Å². The Morgan fingerprint density at radius 1 is 1.00 bits per heavy atom. The summed E-state index contributed by atoms with van der Waals surface area (Å²) >= 11 is 0. The largest absolute Gasteiger partial charge is 0.360 e. The van der Waals surface area contributed by atoms with Gasteiger partial charge in [-0.05, 0) is 38.1 Å². The van der Waals surface area contributed by atoms with E-state index in [1.165, 1.54) is 0 Å². The van der Waals surface area contributed by atoms with Gasteiger partial charge in [-0.2, -0.15) is 0 Å². The lowest BCUT2D eigenvalue weighted by Gasteiger charge is -2.13. The van der Waals surface area contributed by atoms with Crippen LogP contribution in [-0.2, 0) is 15.6 Å². The van der Waals surface area contributed by atoms with Gasteiger partial charge in [0.25, 0.3) is 5.91 Å². The Morgan fingerprint density at radius 3 is 2.17 bits per heavy atom. The van der Waals surface area contributed by atoms with Crippen molar-refractivity contribution in [2.45, 2.75) is 13.8 Å². The van der Waals surface area contributed by atoms with Crippen LogP contribution in [0.3, 0.4) is 0 Å². The van der Waals surface area contributed by atoms with Gasteiger partial charge in [0.05, 0.1) is 10.8 Å². The van der Waals surface area contributed by atoms with E-state index in [0.717, 1.165) is 22.5 Å². The molecule has 1 amide bonds. The van der Waals surface area contributed by atoms with Crippen LogP contribution in [0.25, 0.3) is 0 Å². The number of carbonyl (C=O) groups excluding carboxylic acids is 1. The van der Waals surface area contributed by atoms with Crippen LogP contribution in [0, 0.1) is 13.8 Å². The van der Waals surface area contributed by atoms with Crippen molar-refractivity contribution in [3.8, 4) is 0 Å². The number of nitrogens with one attached hydrogen (secondary N) is 1. The van der Waals surface area contributed by atoms with Gasteiger partial charge in [-0.3, -0.25) is 13.9 Å². The quantitative estimate of drug-likeness (QED) is 0.881. The lowest BCUT2D eigenvalue weighted by molar-refractivity contribution is -0.114. The Bertz CT molecular complexity index is 780. The third kappa shape index (κ3) is 3.35. The number of carbonyl (C=O) groups is 1. The Morgan fingerprint density at radius 2 is 1.57 bits per heavy atom. The molecule has 3 rings (SSSR count). The first-order valence-corrected chi connectivity index (χ1v) is 8.67. The monoisotopic (exact) mass is 326 g/mol. The lowest BCUT2D eigenvalue weighted by atomic mass is 10.2. The average Bonchev–Trinajstić information content (AvgIpc) is 2.82. The van der Waals surface area contributed by atoms with Crippen LogP contribution in [0.15, 0.2) is 59.6 Å². The Hall–Kier alpha value is -2.40. The van der Waals surface area contributed by atoms with Gasteiger partial charge in [-0.15, -0.1) is 0 Å². The van der Waals surface area contributed by atoms with Crippen LogP contribution in [0.5, 0.6) is 0 Å². The number of benzene rings is 2. The molecule has 23 heavy (non-hydrogen) atoms. The number of aryl methyl sites for hydroxylation is 2. The Balaban J connectivity index is 1.79. The highest BCUT2D eigenvalue weighted by Crippen LogP contribution is 2.25. The molecular formula is C18H18N2O2S. The maximum Gasteiger partial charge on any atom is 0.269 e. The molecule has 4 nitrogen and oxygen atoms in total. The molecule has 0 spiro atoms. The molecule has 1 aliphatic heterocycles. The molecule has 0 radical (unpaired) electrons. The highest BCUT2D eigenvalue weighted by Gasteiger charge is 2.33. The molecule has 1 fully saturated rings. The molecule has 1 heterocycles. The maximum atomic E-state index is 12.5. The molecule has 1 N–H and O–H groups in total. The third-order valence-electron chi connectivity index (χ3n) is 3.71. The minimum atomic E-state index is -1.33. The molecule has 1 aliphatic rings. The van der Waals surface area contributed by atoms with Gasteiger partial charge in [0.1, 0.15) is 10.8 Å². The second-order valence-electron chi connectivity index (χ2n) is 5.56. The van der Waals surface area contributed by atoms with Crippen LogP contribution < -0.4 is 10.2 Å². The molecule has 2 aromatic rings. The van der Waals surface area contributed by atoms with Crippen molar-refractivity contribution in [3.63, 3.8) is 0 Å². The van der Waals surface area contributed by atoms with Crippen molar-refractivity contribution < 1.29 is 9.00 Å². The molecule has 0 unspecified atom stereocenters. The highest BCUT2D eigenvalue weighted by atomic mass is 32.2. The number of anilines is 2. The molecule has 1 atom stereocenters. The topological polar surface area (TPSA) is 49.4 Å². The molecule has 1 saturated heterocycles. The molecule has 0 saturated carbocycles. The fraction of sp³-hybridized carbons (Fsp3) is 0.167. The van der Waals surface area contributed by atoms with Crippen molar-refractivity contribution in [1.82, 2.24) is 0 Å². The number of amides is 1. The zero-order chi connectivity index (χ0) is 16.4. The van der Waals surface area contributed by atoms with Crippen LogP contribution >= 0.6 is 0 Å². The summed E-state index contributed by atoms with van der Waals surface area (Å²) in [6, 6.07) is 15.4. The standard InChI is InChI=1S/C18H18N2O2S/c1-13-3-7-15(8-4-13)19-11-17-18(21)20(12-23(17)22)16-9-5-14(2)6-10-16/h3-11,19H,12H2,1-2H3/b17-11+/t23-/m1/s1. The van der Waals surface area contributed by atoms with Gasteiger partial charge < -0.3 is 5.32 Å². The minimum absolute atomic E-state index is 0.198. The summed E-state index contributed by atoms with van der Waals surface area (Å²) in [4.78, 5) is 14.4. The predicted molar refractivity (Wildman–Crippen MR) is 94.6 cm³/mol. The summed E-state index contributed by atoms with van der Waals surface area (Å²) in [6.45, 7) is 4.00. The highest BCUT2D eigenvalue weighted by molar-refractivity contribution is 7.90. The molecule has 0 aliphatic carbocycles. The van der Waals surface area contributed by atoms with E-state index in [-0.39, 0.29) is 11.8 Å². The zero-order valence-electron chi connectivity index (χ0n) is 13.1. The van der Waals surface area contributed by atoms with E-state index in [0.29, 0.717) is 4.91 Å². The van der Waals surface area contributed by atoms with Gasteiger partial charge in [0, 0.05) is 17.6 Å². The molecule has 118 valence electrons. The number of rotatable bonds is 3. The first kappa shape index (κ1) is 15.5. The second kappa shape index (κ2) is 6.38. The van der Waals surface area contributed by atoms with E-state index in [2.05, 4.69) is 5.32 Å². The molecule has 2 aromatic carbocycles. The van der Waals surface area contributed by atoms with E-state index in [1.54, 1.807) is 11.1 Å². The van der Waals surface area contributed by atoms with Crippen LogP contribution in [0.2, 0.25) is 0 Å². The summed E-state index contributed by atoms with van der Waals surface area (Å²) in [5.74, 6) is -0.0182. The van der Waals surface area contributed by atoms with Gasteiger partial charge in [0.2, 0.25) is 0 Å². The van der Waals surface area contributed by atoms with Crippen molar-refractivity contribution >= 4 is 28.1 Å². The maximum absolute atomic E-state index is 12.5. The van der Waals surface area contributed by atoms with Crippen molar-refractivity contribution in [3.05, 3.63) is 70.8 Å². The predicted octanol–water partition coefficient (Wildman–Crippen LogP) is 3.31. The van der Waals surface area contributed by atoms with E-state index >= 15 is 0 Å².